The van der Waals surface area contributed by atoms with E-state index >= 15 is 0 Å². The molecule has 0 unspecified atom stereocenters. The lowest BCUT2D eigenvalue weighted by Crippen LogP contribution is -1.95. The van der Waals surface area contributed by atoms with Crippen LogP contribution in [0.25, 0.3) is 5.65 Å². The number of Topliss-reactive ketones (excluding diaryl/α,β-unsaturated/α-hetero) is 1. The molecule has 0 atom stereocenters. The normalized spacial score (nSPS) is 10.6. The van der Waals surface area contributed by atoms with Crippen molar-refractivity contribution < 1.29 is 4.79 Å². The van der Waals surface area contributed by atoms with Crippen LogP contribution in [0.4, 0.5) is 0 Å². The minimum Gasteiger partial charge on any atom is -0.307 e. The van der Waals surface area contributed by atoms with Crippen molar-refractivity contribution in [2.24, 2.45) is 0 Å². The first-order valence-corrected chi connectivity index (χ1v) is 4.67. The fourth-order valence-corrected chi connectivity index (χ4v) is 1.43. The average molecular weight is 188 g/mol. The molecule has 2 heterocycles. The zero-order chi connectivity index (χ0) is 9.97. The van der Waals surface area contributed by atoms with Crippen LogP contribution in [-0.4, -0.2) is 15.2 Å². The van der Waals surface area contributed by atoms with E-state index < -0.39 is 0 Å². The molecule has 0 spiro atoms. The lowest BCUT2D eigenvalue weighted by molar-refractivity contribution is -0.116. The maximum atomic E-state index is 10.8. The topological polar surface area (TPSA) is 34.4 Å². The maximum Gasteiger partial charge on any atom is 0.136 e. The lowest BCUT2D eigenvalue weighted by Gasteiger charge is -1.99. The van der Waals surface area contributed by atoms with Gasteiger partial charge in [0.05, 0.1) is 0 Å². The standard InChI is InChI=1S/C11H12N2O/c1-9(14)2-3-10-4-6-13-7-5-12-11(13)8-10/h4-8H,2-3H2,1H3. The number of rotatable bonds is 3. The molecule has 3 nitrogen and oxygen atoms in total. The van der Waals surface area contributed by atoms with Gasteiger partial charge in [-0.2, -0.15) is 0 Å². The van der Waals surface area contributed by atoms with Crippen LogP contribution in [0.1, 0.15) is 18.9 Å². The zero-order valence-electron chi connectivity index (χ0n) is 8.10. The molecule has 0 aliphatic rings. The van der Waals surface area contributed by atoms with Crippen LogP contribution in [0.5, 0.6) is 0 Å². The Balaban J connectivity index is 2.21. The second-order valence-electron chi connectivity index (χ2n) is 3.43. The van der Waals surface area contributed by atoms with E-state index in [0.717, 1.165) is 12.1 Å². The van der Waals surface area contributed by atoms with Crippen molar-refractivity contribution >= 4 is 11.4 Å². The molecular weight excluding hydrogens is 176 g/mol. The molecule has 0 bridgehead atoms. The van der Waals surface area contributed by atoms with Gasteiger partial charge in [-0.15, -0.1) is 0 Å². The Bertz CT molecular complexity index is 459. The van der Waals surface area contributed by atoms with Crippen LogP contribution in [-0.2, 0) is 11.2 Å². The van der Waals surface area contributed by atoms with E-state index in [2.05, 4.69) is 4.98 Å². The Hall–Kier alpha value is -1.64. The Morgan fingerprint density at radius 1 is 1.50 bits per heavy atom. The van der Waals surface area contributed by atoms with Gasteiger partial charge in [0.15, 0.2) is 0 Å². The number of carbonyl (C=O) groups excluding carboxylic acids is 1. The van der Waals surface area contributed by atoms with Gasteiger partial charge in [0, 0.05) is 25.0 Å². The Morgan fingerprint density at radius 2 is 2.36 bits per heavy atom. The molecule has 0 aliphatic heterocycles. The molecule has 2 aromatic heterocycles. The number of fused-ring (bicyclic) bond motifs is 1. The third-order valence-electron chi connectivity index (χ3n) is 2.23. The summed E-state index contributed by atoms with van der Waals surface area (Å²) >= 11 is 0. The molecular formula is C11H12N2O. The molecule has 0 radical (unpaired) electrons. The first-order valence-electron chi connectivity index (χ1n) is 4.67. The van der Waals surface area contributed by atoms with Crippen molar-refractivity contribution in [3.05, 3.63) is 36.3 Å². The largest absolute Gasteiger partial charge is 0.307 e. The molecule has 0 aliphatic carbocycles. The minimum absolute atomic E-state index is 0.230. The summed E-state index contributed by atoms with van der Waals surface area (Å²) in [5, 5.41) is 0. The smallest absolute Gasteiger partial charge is 0.136 e. The third-order valence-corrected chi connectivity index (χ3v) is 2.23. The number of aryl methyl sites for hydroxylation is 1. The molecule has 2 aromatic rings. The number of carbonyl (C=O) groups is 1. The van der Waals surface area contributed by atoms with E-state index in [0.29, 0.717) is 6.42 Å². The van der Waals surface area contributed by atoms with Crippen LogP contribution < -0.4 is 0 Å². The zero-order valence-corrected chi connectivity index (χ0v) is 8.10. The molecule has 3 heteroatoms. The summed E-state index contributed by atoms with van der Waals surface area (Å²) in [6.45, 7) is 1.62. The van der Waals surface area contributed by atoms with Crippen LogP contribution in [0.3, 0.4) is 0 Å². The molecule has 0 aromatic carbocycles. The summed E-state index contributed by atoms with van der Waals surface area (Å²) in [4.78, 5) is 15.0. The van der Waals surface area contributed by atoms with Crippen molar-refractivity contribution in [1.29, 1.82) is 0 Å². The van der Waals surface area contributed by atoms with Crippen molar-refractivity contribution in [2.75, 3.05) is 0 Å². The van der Waals surface area contributed by atoms with Gasteiger partial charge in [-0.3, -0.25) is 0 Å². The second kappa shape index (κ2) is 3.62. The number of pyridine rings is 1. The number of ketones is 1. The third kappa shape index (κ3) is 1.82. The highest BCUT2D eigenvalue weighted by Gasteiger charge is 1.99. The molecule has 0 N–H and O–H groups in total. The van der Waals surface area contributed by atoms with Gasteiger partial charge in [0.2, 0.25) is 0 Å². The van der Waals surface area contributed by atoms with Crippen LogP contribution in [0.2, 0.25) is 0 Å². The van der Waals surface area contributed by atoms with E-state index in [9.17, 15) is 4.79 Å². The van der Waals surface area contributed by atoms with Crippen molar-refractivity contribution in [1.82, 2.24) is 9.38 Å². The number of nitrogens with zero attached hydrogens (tertiary/aromatic N) is 2. The molecule has 0 amide bonds. The lowest BCUT2D eigenvalue weighted by atomic mass is 10.1. The van der Waals surface area contributed by atoms with Gasteiger partial charge in [-0.25, -0.2) is 4.98 Å². The maximum absolute atomic E-state index is 10.8. The Kier molecular flexibility index (Phi) is 2.31. The van der Waals surface area contributed by atoms with Crippen molar-refractivity contribution in [2.45, 2.75) is 19.8 Å². The van der Waals surface area contributed by atoms with Crippen molar-refractivity contribution in [3.63, 3.8) is 0 Å². The summed E-state index contributed by atoms with van der Waals surface area (Å²) in [7, 11) is 0. The summed E-state index contributed by atoms with van der Waals surface area (Å²) in [6, 6.07) is 4.04. The van der Waals surface area contributed by atoms with Gasteiger partial charge in [-0.05, 0) is 31.0 Å². The second-order valence-corrected chi connectivity index (χ2v) is 3.43. The quantitative estimate of drug-likeness (QED) is 0.736. The van der Waals surface area contributed by atoms with Gasteiger partial charge < -0.3 is 9.20 Å². The highest BCUT2D eigenvalue weighted by molar-refractivity contribution is 5.75. The van der Waals surface area contributed by atoms with Crippen LogP contribution in [0, 0.1) is 0 Å². The van der Waals surface area contributed by atoms with Gasteiger partial charge >= 0.3 is 0 Å². The Labute approximate surface area is 82.4 Å². The fraction of sp³-hybridized carbons (Fsp3) is 0.273. The first-order chi connectivity index (χ1) is 6.75. The molecule has 0 fully saturated rings. The van der Waals surface area contributed by atoms with E-state index in [4.69, 9.17) is 0 Å². The number of hydrogen-bond donors (Lipinski definition) is 0. The predicted octanol–water partition coefficient (Wildman–Crippen LogP) is 1.86. The Morgan fingerprint density at radius 3 is 3.14 bits per heavy atom. The van der Waals surface area contributed by atoms with Crippen LogP contribution in [0.15, 0.2) is 30.7 Å². The SMILES string of the molecule is CC(=O)CCc1ccn2ccnc2c1. The van der Waals surface area contributed by atoms with Gasteiger partial charge in [0.25, 0.3) is 0 Å². The summed E-state index contributed by atoms with van der Waals surface area (Å²) in [5.74, 6) is 0.230. The van der Waals surface area contributed by atoms with E-state index in [1.54, 1.807) is 13.1 Å². The summed E-state index contributed by atoms with van der Waals surface area (Å²) < 4.78 is 1.96. The first kappa shape index (κ1) is 8.94. The van der Waals surface area contributed by atoms with E-state index in [-0.39, 0.29) is 5.78 Å². The minimum atomic E-state index is 0.230. The van der Waals surface area contributed by atoms with E-state index in [1.807, 2.05) is 28.9 Å². The van der Waals surface area contributed by atoms with Gasteiger partial charge in [-0.1, -0.05) is 0 Å². The van der Waals surface area contributed by atoms with Gasteiger partial charge in [0.1, 0.15) is 11.4 Å². The number of hydrogen-bond acceptors (Lipinski definition) is 2. The monoisotopic (exact) mass is 188 g/mol. The van der Waals surface area contributed by atoms with Crippen molar-refractivity contribution in [3.8, 4) is 0 Å². The summed E-state index contributed by atoms with van der Waals surface area (Å²) in [6.07, 6.45) is 7.06. The molecule has 0 saturated carbocycles. The highest BCUT2D eigenvalue weighted by Crippen LogP contribution is 2.07. The highest BCUT2D eigenvalue weighted by atomic mass is 16.1. The fourth-order valence-electron chi connectivity index (χ4n) is 1.43. The van der Waals surface area contributed by atoms with Crippen LogP contribution >= 0.6 is 0 Å². The number of aromatic nitrogens is 2. The predicted molar refractivity (Wildman–Crippen MR) is 54.2 cm³/mol. The molecule has 14 heavy (non-hydrogen) atoms. The molecule has 0 saturated heterocycles. The van der Waals surface area contributed by atoms with E-state index in [1.165, 1.54) is 5.56 Å². The summed E-state index contributed by atoms with van der Waals surface area (Å²) in [5.41, 5.74) is 2.10. The average Bonchev–Trinajstić information content (AvgIpc) is 2.61. The molecule has 72 valence electrons. The molecule has 2 rings (SSSR count). The number of imidazole rings is 1.